The summed E-state index contributed by atoms with van der Waals surface area (Å²) < 4.78 is 6.43. The van der Waals surface area contributed by atoms with Gasteiger partial charge in [0.05, 0.1) is 0 Å². The van der Waals surface area contributed by atoms with Crippen LogP contribution in [0.4, 0.5) is 0 Å². The third-order valence-electron chi connectivity index (χ3n) is 3.75. The minimum Gasteiger partial charge on any atom is -0.484 e. The molecule has 0 heterocycles. The number of ether oxygens (including phenoxy) is 1. The average Bonchev–Trinajstić information content (AvgIpc) is 2.57. The van der Waals surface area contributed by atoms with Gasteiger partial charge in [-0.05, 0) is 44.3 Å². The number of benzene rings is 2. The molecule has 0 bridgehead atoms. The highest BCUT2D eigenvalue weighted by Gasteiger charge is 2.14. The lowest BCUT2D eigenvalue weighted by Crippen LogP contribution is -2.42. The Labute approximate surface area is 151 Å². The summed E-state index contributed by atoms with van der Waals surface area (Å²) in [6.07, 6.45) is 0.889. The third kappa shape index (κ3) is 6.34. The number of halogens is 1. The van der Waals surface area contributed by atoms with E-state index in [1.54, 1.807) is 0 Å². The van der Waals surface area contributed by atoms with Gasteiger partial charge in [-0.15, -0.1) is 0 Å². The molecule has 24 heavy (non-hydrogen) atoms. The average molecular weight is 391 g/mol. The molecule has 0 aliphatic rings. The standard InChI is InChI=1S/C19H23BrN2O2/c1-22(2)17(11-15-7-4-3-5-8-15)13-21-19(23)14-24-18-10-6-9-16(20)12-18/h3-10,12,17H,11,13-14H2,1-2H3,(H,21,23)/t17-/m1/s1. The van der Waals surface area contributed by atoms with E-state index in [2.05, 4.69) is 38.3 Å². The van der Waals surface area contributed by atoms with E-state index < -0.39 is 0 Å². The number of rotatable bonds is 8. The van der Waals surface area contributed by atoms with Crippen molar-refractivity contribution in [3.8, 4) is 5.75 Å². The number of nitrogens with zero attached hydrogens (tertiary/aromatic N) is 1. The highest BCUT2D eigenvalue weighted by atomic mass is 79.9. The summed E-state index contributed by atoms with van der Waals surface area (Å²) in [5, 5.41) is 2.95. The van der Waals surface area contributed by atoms with Crippen LogP contribution in [0.25, 0.3) is 0 Å². The number of carbonyl (C=O) groups excluding carboxylic acids is 1. The molecule has 0 unspecified atom stereocenters. The van der Waals surface area contributed by atoms with Crippen molar-refractivity contribution >= 4 is 21.8 Å². The Morgan fingerprint density at radius 3 is 2.58 bits per heavy atom. The number of likely N-dealkylation sites (N-methyl/N-ethyl adjacent to an activating group) is 1. The summed E-state index contributed by atoms with van der Waals surface area (Å²) in [5.74, 6) is 0.558. The Hall–Kier alpha value is -1.85. The lowest BCUT2D eigenvalue weighted by atomic mass is 10.1. The van der Waals surface area contributed by atoms with Crippen molar-refractivity contribution in [2.24, 2.45) is 0 Å². The van der Waals surface area contributed by atoms with Crippen LogP contribution >= 0.6 is 15.9 Å². The van der Waals surface area contributed by atoms with Crippen LogP contribution in [0.3, 0.4) is 0 Å². The zero-order chi connectivity index (χ0) is 17.4. The molecule has 2 aromatic carbocycles. The second kappa shape index (κ2) is 9.45. The summed E-state index contributed by atoms with van der Waals surface area (Å²) >= 11 is 3.38. The van der Waals surface area contributed by atoms with Crippen LogP contribution in [0.1, 0.15) is 5.56 Å². The topological polar surface area (TPSA) is 41.6 Å². The van der Waals surface area contributed by atoms with Crippen molar-refractivity contribution in [1.82, 2.24) is 10.2 Å². The van der Waals surface area contributed by atoms with Crippen LogP contribution in [-0.4, -0.2) is 44.1 Å². The normalized spacial score (nSPS) is 12.0. The molecule has 128 valence electrons. The minimum absolute atomic E-state index is 0.0158. The smallest absolute Gasteiger partial charge is 0.257 e. The van der Waals surface area contributed by atoms with E-state index in [0.717, 1.165) is 10.9 Å². The SMILES string of the molecule is CN(C)[C@@H](CNC(=O)COc1cccc(Br)c1)Cc1ccccc1. The van der Waals surface area contributed by atoms with Gasteiger partial charge < -0.3 is 15.0 Å². The molecule has 0 radical (unpaired) electrons. The predicted molar refractivity (Wildman–Crippen MR) is 100 cm³/mol. The van der Waals surface area contributed by atoms with Crippen molar-refractivity contribution < 1.29 is 9.53 Å². The Balaban J connectivity index is 1.79. The van der Waals surface area contributed by atoms with E-state index >= 15 is 0 Å². The first-order chi connectivity index (χ1) is 11.5. The molecule has 4 nitrogen and oxygen atoms in total. The number of hydrogen-bond acceptors (Lipinski definition) is 3. The fourth-order valence-electron chi connectivity index (χ4n) is 2.31. The van der Waals surface area contributed by atoms with Gasteiger partial charge in [-0.1, -0.05) is 52.3 Å². The Bertz CT molecular complexity index is 647. The van der Waals surface area contributed by atoms with E-state index in [4.69, 9.17) is 4.74 Å². The highest BCUT2D eigenvalue weighted by Crippen LogP contribution is 2.17. The van der Waals surface area contributed by atoms with Crippen LogP contribution in [0.5, 0.6) is 5.75 Å². The first-order valence-corrected chi connectivity index (χ1v) is 8.69. The fraction of sp³-hybridized carbons (Fsp3) is 0.316. The molecule has 0 saturated carbocycles. The maximum absolute atomic E-state index is 12.0. The Morgan fingerprint density at radius 2 is 1.92 bits per heavy atom. The molecule has 2 rings (SSSR count). The second-order valence-electron chi connectivity index (χ2n) is 5.86. The molecule has 1 atom stereocenters. The van der Waals surface area contributed by atoms with Crippen molar-refractivity contribution in [3.63, 3.8) is 0 Å². The number of amides is 1. The summed E-state index contributed by atoms with van der Waals surface area (Å²) in [6, 6.07) is 18.0. The maximum atomic E-state index is 12.0. The van der Waals surface area contributed by atoms with E-state index in [1.165, 1.54) is 5.56 Å². The molecule has 5 heteroatoms. The van der Waals surface area contributed by atoms with Crippen molar-refractivity contribution in [2.45, 2.75) is 12.5 Å². The van der Waals surface area contributed by atoms with Crippen LogP contribution in [0, 0.1) is 0 Å². The summed E-state index contributed by atoms with van der Waals surface area (Å²) in [4.78, 5) is 14.1. The van der Waals surface area contributed by atoms with Gasteiger partial charge in [-0.25, -0.2) is 0 Å². The number of nitrogens with one attached hydrogen (secondary N) is 1. The quantitative estimate of drug-likeness (QED) is 0.752. The van der Waals surface area contributed by atoms with E-state index in [1.807, 2.05) is 56.6 Å². The van der Waals surface area contributed by atoms with Gasteiger partial charge in [0, 0.05) is 17.1 Å². The lowest BCUT2D eigenvalue weighted by Gasteiger charge is -2.24. The minimum atomic E-state index is -0.116. The molecule has 0 spiro atoms. The first kappa shape index (κ1) is 18.5. The van der Waals surface area contributed by atoms with Crippen molar-refractivity contribution in [3.05, 3.63) is 64.6 Å². The van der Waals surface area contributed by atoms with E-state index in [-0.39, 0.29) is 18.6 Å². The molecule has 0 aliphatic heterocycles. The molecule has 0 aliphatic carbocycles. The monoisotopic (exact) mass is 390 g/mol. The zero-order valence-corrected chi connectivity index (χ0v) is 15.6. The van der Waals surface area contributed by atoms with Gasteiger partial charge in [-0.2, -0.15) is 0 Å². The van der Waals surface area contributed by atoms with Crippen LogP contribution in [0.2, 0.25) is 0 Å². The number of carbonyl (C=O) groups is 1. The van der Waals surface area contributed by atoms with Gasteiger partial charge in [0.25, 0.3) is 5.91 Å². The maximum Gasteiger partial charge on any atom is 0.257 e. The van der Waals surface area contributed by atoms with Crippen molar-refractivity contribution in [1.29, 1.82) is 0 Å². The van der Waals surface area contributed by atoms with Crippen LogP contribution in [0.15, 0.2) is 59.1 Å². The molecule has 0 fully saturated rings. The van der Waals surface area contributed by atoms with Crippen LogP contribution < -0.4 is 10.1 Å². The Morgan fingerprint density at radius 1 is 1.17 bits per heavy atom. The summed E-state index contributed by atoms with van der Waals surface area (Å²) in [5.41, 5.74) is 1.26. The summed E-state index contributed by atoms with van der Waals surface area (Å²) in [7, 11) is 4.05. The highest BCUT2D eigenvalue weighted by molar-refractivity contribution is 9.10. The molecule has 1 amide bonds. The summed E-state index contributed by atoms with van der Waals surface area (Å²) in [6.45, 7) is 0.602. The fourth-order valence-corrected chi connectivity index (χ4v) is 2.69. The van der Waals surface area contributed by atoms with Gasteiger partial charge >= 0.3 is 0 Å². The predicted octanol–water partition coefficient (Wildman–Crippen LogP) is 3.12. The molecule has 0 aromatic heterocycles. The third-order valence-corrected chi connectivity index (χ3v) is 4.24. The largest absolute Gasteiger partial charge is 0.484 e. The molecule has 1 N–H and O–H groups in total. The molecule has 0 saturated heterocycles. The van der Waals surface area contributed by atoms with E-state index in [0.29, 0.717) is 12.3 Å². The van der Waals surface area contributed by atoms with Crippen molar-refractivity contribution in [2.75, 3.05) is 27.2 Å². The lowest BCUT2D eigenvalue weighted by molar-refractivity contribution is -0.123. The molecule has 2 aromatic rings. The number of hydrogen-bond donors (Lipinski definition) is 1. The van der Waals surface area contributed by atoms with Gasteiger partial charge in [0.1, 0.15) is 5.75 Å². The molecular weight excluding hydrogens is 368 g/mol. The van der Waals surface area contributed by atoms with Gasteiger partial charge in [0.15, 0.2) is 6.61 Å². The Kier molecular flexibility index (Phi) is 7.28. The van der Waals surface area contributed by atoms with E-state index in [9.17, 15) is 4.79 Å². The first-order valence-electron chi connectivity index (χ1n) is 7.90. The zero-order valence-electron chi connectivity index (χ0n) is 14.0. The van der Waals surface area contributed by atoms with Gasteiger partial charge in [0.2, 0.25) is 0 Å². The van der Waals surface area contributed by atoms with Gasteiger partial charge in [-0.3, -0.25) is 4.79 Å². The second-order valence-corrected chi connectivity index (χ2v) is 6.77. The molecular formula is C19H23BrN2O2. The van der Waals surface area contributed by atoms with Crippen LogP contribution in [-0.2, 0) is 11.2 Å².